The van der Waals surface area contributed by atoms with Gasteiger partial charge in [0.2, 0.25) is 11.8 Å². The minimum atomic E-state index is -5.08. The lowest BCUT2D eigenvalue weighted by Crippen LogP contribution is -2.44. The Hall–Kier alpha value is -3.15. The molecule has 1 aliphatic heterocycles. The Balaban J connectivity index is 0.000000540. The predicted octanol–water partition coefficient (Wildman–Crippen LogP) is 2.79. The number of halogens is 3. The zero-order valence-corrected chi connectivity index (χ0v) is 19.6. The number of benzene rings is 1. The van der Waals surface area contributed by atoms with Crippen molar-refractivity contribution in [2.75, 3.05) is 6.54 Å². The van der Waals surface area contributed by atoms with Crippen molar-refractivity contribution in [3.05, 3.63) is 34.2 Å². The van der Waals surface area contributed by atoms with Crippen molar-refractivity contribution in [3.63, 3.8) is 0 Å². The predicted molar refractivity (Wildman–Crippen MR) is 123 cm³/mol. The third kappa shape index (κ3) is 7.67. The Morgan fingerprint density at radius 1 is 1.09 bits per heavy atom. The number of hydrogen-bond donors (Lipinski definition) is 3. The smallest absolute Gasteiger partial charge is 0.475 e. The van der Waals surface area contributed by atoms with E-state index >= 15 is 0 Å². The van der Waals surface area contributed by atoms with Gasteiger partial charge in [0.15, 0.2) is 0 Å². The number of piperidine rings is 1. The summed E-state index contributed by atoms with van der Waals surface area (Å²) in [6.07, 6.45) is 3.59. The van der Waals surface area contributed by atoms with Gasteiger partial charge in [0.1, 0.15) is 6.04 Å². The van der Waals surface area contributed by atoms with Crippen LogP contribution in [0.4, 0.5) is 13.2 Å². The summed E-state index contributed by atoms with van der Waals surface area (Å²) in [7, 11) is 1.73. The zero-order valence-electron chi connectivity index (χ0n) is 19.6. The van der Waals surface area contributed by atoms with Crippen molar-refractivity contribution in [1.82, 2.24) is 14.5 Å². The third-order valence-corrected chi connectivity index (χ3v) is 5.84. The Morgan fingerprint density at radius 2 is 1.69 bits per heavy atom. The van der Waals surface area contributed by atoms with Crippen LogP contribution in [0.25, 0.3) is 11.0 Å². The number of nitrogens with one attached hydrogen (secondary N) is 1. The Kier molecular flexibility index (Phi) is 10.1. The van der Waals surface area contributed by atoms with E-state index in [9.17, 15) is 27.6 Å². The average molecular weight is 501 g/mol. The van der Waals surface area contributed by atoms with Crippen LogP contribution in [0.2, 0.25) is 0 Å². The van der Waals surface area contributed by atoms with Gasteiger partial charge < -0.3 is 10.8 Å². The standard InChI is InChI=1S/C21H30N4O3.C2HF3O2/c1-24-18-14-15(8-6-4-2-3-5-7-13-22)9-10-16(18)25(21(24)28)17-11-12-19(26)23-20(17)27;3-2(4,5)1(6)7/h9-10,14,17H,2-8,11-13,22H2,1H3,(H,23,26,27);(H,6,7). The van der Waals surface area contributed by atoms with Crippen molar-refractivity contribution < 1.29 is 32.7 Å². The second kappa shape index (κ2) is 12.5. The summed E-state index contributed by atoms with van der Waals surface area (Å²) in [5.41, 5.74) is 8.06. The first-order chi connectivity index (χ1) is 16.5. The minimum Gasteiger partial charge on any atom is -0.475 e. The van der Waals surface area contributed by atoms with E-state index in [0.717, 1.165) is 36.8 Å². The maximum absolute atomic E-state index is 12.8. The SMILES string of the molecule is Cn1c(=O)n(C2CCC(=O)NC2=O)c2ccc(CCCCCCCCN)cc21.O=C(O)C(F)(F)F. The molecule has 0 radical (unpaired) electrons. The summed E-state index contributed by atoms with van der Waals surface area (Å²) < 4.78 is 34.9. The Morgan fingerprint density at radius 3 is 2.26 bits per heavy atom. The van der Waals surface area contributed by atoms with E-state index in [1.807, 2.05) is 18.2 Å². The summed E-state index contributed by atoms with van der Waals surface area (Å²) in [6.45, 7) is 0.775. The summed E-state index contributed by atoms with van der Waals surface area (Å²) in [6, 6.07) is 5.39. The summed E-state index contributed by atoms with van der Waals surface area (Å²) >= 11 is 0. The summed E-state index contributed by atoms with van der Waals surface area (Å²) in [4.78, 5) is 45.3. The molecule has 3 rings (SSSR count). The molecule has 2 heterocycles. The van der Waals surface area contributed by atoms with E-state index in [1.165, 1.54) is 35.8 Å². The van der Waals surface area contributed by atoms with Crippen LogP contribution < -0.4 is 16.7 Å². The quantitative estimate of drug-likeness (QED) is 0.358. The van der Waals surface area contributed by atoms with Crippen LogP contribution in [0, 0.1) is 0 Å². The number of carboxylic acid groups (broad SMARTS) is 1. The Labute approximate surface area is 200 Å². The molecule has 1 aromatic heterocycles. The fourth-order valence-corrected chi connectivity index (χ4v) is 3.97. The van der Waals surface area contributed by atoms with Crippen molar-refractivity contribution in [1.29, 1.82) is 0 Å². The molecular weight excluding hydrogens is 469 g/mol. The van der Waals surface area contributed by atoms with Crippen LogP contribution in [0.5, 0.6) is 0 Å². The van der Waals surface area contributed by atoms with Crippen molar-refractivity contribution in [2.24, 2.45) is 12.8 Å². The highest BCUT2D eigenvalue weighted by Crippen LogP contribution is 2.24. The molecule has 2 aromatic rings. The van der Waals surface area contributed by atoms with Crippen molar-refractivity contribution >= 4 is 28.8 Å². The minimum absolute atomic E-state index is 0.221. The second-order valence-corrected chi connectivity index (χ2v) is 8.46. The number of aliphatic carboxylic acids is 1. The molecule has 0 aliphatic carbocycles. The molecule has 0 saturated carbocycles. The van der Waals surface area contributed by atoms with Crippen molar-refractivity contribution in [2.45, 2.75) is 70.0 Å². The highest BCUT2D eigenvalue weighted by Gasteiger charge is 2.38. The van der Waals surface area contributed by atoms with Crippen LogP contribution in [-0.4, -0.2) is 44.7 Å². The number of imide groups is 1. The van der Waals surface area contributed by atoms with Crippen LogP contribution in [-0.2, 0) is 27.9 Å². The fraction of sp³-hybridized carbons (Fsp3) is 0.565. The van der Waals surface area contributed by atoms with Gasteiger partial charge >= 0.3 is 17.8 Å². The number of carboxylic acids is 1. The number of alkyl halides is 3. The van der Waals surface area contributed by atoms with E-state index in [1.54, 1.807) is 11.6 Å². The van der Waals surface area contributed by atoms with E-state index in [4.69, 9.17) is 15.6 Å². The lowest BCUT2D eigenvalue weighted by Gasteiger charge is -2.21. The lowest BCUT2D eigenvalue weighted by atomic mass is 10.0. The topological polar surface area (TPSA) is 136 Å². The molecule has 4 N–H and O–H groups in total. The average Bonchev–Trinajstić information content (AvgIpc) is 3.03. The highest BCUT2D eigenvalue weighted by atomic mass is 19.4. The maximum Gasteiger partial charge on any atom is 0.490 e. The lowest BCUT2D eigenvalue weighted by molar-refractivity contribution is -0.192. The first kappa shape index (κ1) is 28.1. The number of nitrogens with two attached hydrogens (primary N) is 1. The Bertz CT molecular complexity index is 1110. The normalized spacial score (nSPS) is 16.1. The maximum atomic E-state index is 12.8. The number of hydrogen-bond acceptors (Lipinski definition) is 5. The third-order valence-electron chi connectivity index (χ3n) is 5.84. The molecular formula is C23H31F3N4O5. The molecule has 1 unspecified atom stereocenters. The first-order valence-corrected chi connectivity index (χ1v) is 11.5. The van der Waals surface area contributed by atoms with Gasteiger partial charge in [-0.2, -0.15) is 13.2 Å². The number of imidazole rings is 1. The molecule has 35 heavy (non-hydrogen) atoms. The number of fused-ring (bicyclic) bond motifs is 1. The van der Waals surface area contributed by atoms with Gasteiger partial charge in [-0.1, -0.05) is 31.7 Å². The molecule has 12 heteroatoms. The van der Waals surface area contributed by atoms with E-state index in [2.05, 4.69) is 5.32 Å². The highest BCUT2D eigenvalue weighted by molar-refractivity contribution is 6.00. The van der Waals surface area contributed by atoms with Crippen molar-refractivity contribution in [3.8, 4) is 0 Å². The molecule has 1 atom stereocenters. The second-order valence-electron chi connectivity index (χ2n) is 8.46. The van der Waals surface area contributed by atoms with Gasteiger partial charge in [0, 0.05) is 13.5 Å². The van der Waals surface area contributed by atoms with E-state index in [0.29, 0.717) is 6.42 Å². The van der Waals surface area contributed by atoms with Gasteiger partial charge in [-0.3, -0.25) is 24.0 Å². The number of carbonyl (C=O) groups excluding carboxylic acids is 2. The molecule has 1 aromatic carbocycles. The van der Waals surface area contributed by atoms with Crippen LogP contribution in [0.3, 0.4) is 0 Å². The molecule has 2 amide bonds. The number of nitrogens with zero attached hydrogens (tertiary/aromatic N) is 2. The molecule has 1 saturated heterocycles. The number of carbonyl (C=O) groups is 3. The molecule has 0 spiro atoms. The monoisotopic (exact) mass is 500 g/mol. The molecule has 194 valence electrons. The molecule has 1 fully saturated rings. The zero-order chi connectivity index (χ0) is 26.2. The van der Waals surface area contributed by atoms with Crippen LogP contribution in [0.1, 0.15) is 63.0 Å². The van der Waals surface area contributed by atoms with E-state index < -0.39 is 24.1 Å². The number of rotatable bonds is 9. The van der Waals surface area contributed by atoms with Crippen LogP contribution >= 0.6 is 0 Å². The van der Waals surface area contributed by atoms with Crippen LogP contribution in [0.15, 0.2) is 23.0 Å². The number of aromatic nitrogens is 2. The first-order valence-electron chi connectivity index (χ1n) is 11.5. The largest absolute Gasteiger partial charge is 0.490 e. The van der Waals surface area contributed by atoms with Gasteiger partial charge in [0.25, 0.3) is 0 Å². The van der Waals surface area contributed by atoms with Gasteiger partial charge in [-0.15, -0.1) is 0 Å². The fourth-order valence-electron chi connectivity index (χ4n) is 3.97. The summed E-state index contributed by atoms with van der Waals surface area (Å²) in [5, 5.41) is 9.46. The number of unbranched alkanes of at least 4 members (excludes halogenated alkanes) is 5. The number of amides is 2. The van der Waals surface area contributed by atoms with E-state index in [-0.39, 0.29) is 18.0 Å². The number of aryl methyl sites for hydroxylation is 2. The van der Waals surface area contributed by atoms with Gasteiger partial charge in [-0.05, 0) is 49.9 Å². The molecule has 9 nitrogen and oxygen atoms in total. The van der Waals surface area contributed by atoms with Gasteiger partial charge in [-0.25, -0.2) is 9.59 Å². The molecule has 1 aliphatic rings. The summed E-state index contributed by atoms with van der Waals surface area (Å²) in [5.74, 6) is -3.43. The molecule has 0 bridgehead atoms. The van der Waals surface area contributed by atoms with Gasteiger partial charge in [0.05, 0.1) is 11.0 Å².